The van der Waals surface area contributed by atoms with E-state index in [9.17, 15) is 0 Å². The lowest BCUT2D eigenvalue weighted by molar-refractivity contribution is 0.707. The van der Waals surface area contributed by atoms with Gasteiger partial charge < -0.3 is 0 Å². The summed E-state index contributed by atoms with van der Waals surface area (Å²) in [5.41, 5.74) is 0.986. The number of nitrogens with zero attached hydrogens (tertiary/aromatic N) is 2. The molecule has 1 radical (unpaired) electrons. The van der Waals surface area contributed by atoms with E-state index in [1.165, 1.54) is 0 Å². The number of rotatable bonds is 2. The Morgan fingerprint density at radius 3 is 3.08 bits per heavy atom. The zero-order chi connectivity index (χ0) is 8.39. The maximum absolute atomic E-state index is 4.29. The van der Waals surface area contributed by atoms with Crippen molar-refractivity contribution in [3.8, 4) is 0 Å². The molecule has 0 saturated heterocycles. The first kappa shape index (κ1) is 7.10. The minimum Gasteiger partial charge on any atom is -0.258 e. The van der Waals surface area contributed by atoms with Gasteiger partial charge in [-0.05, 0) is 6.07 Å². The first-order chi connectivity index (χ1) is 5.90. The Morgan fingerprint density at radius 2 is 2.33 bits per heavy atom. The summed E-state index contributed by atoms with van der Waals surface area (Å²) in [6, 6.07) is 7.94. The molecule has 2 aromatic rings. The Labute approximate surface area is 71.1 Å². The molecule has 0 atom stereocenters. The van der Waals surface area contributed by atoms with Gasteiger partial charge in [0, 0.05) is 5.39 Å². The summed E-state index contributed by atoms with van der Waals surface area (Å²) < 4.78 is 1.76. The van der Waals surface area contributed by atoms with Crippen LogP contribution in [0, 0.1) is 6.20 Å². The van der Waals surface area contributed by atoms with Gasteiger partial charge >= 0.3 is 0 Å². The Kier molecular flexibility index (Phi) is 1.67. The zero-order valence-electron chi connectivity index (χ0n) is 6.70. The monoisotopic (exact) mass is 157 g/mol. The van der Waals surface area contributed by atoms with Crippen LogP contribution >= 0.6 is 0 Å². The number of allylic oxidation sites excluding steroid dienone is 1. The van der Waals surface area contributed by atoms with Crippen LogP contribution in [0.3, 0.4) is 0 Å². The molecule has 0 aliphatic carbocycles. The van der Waals surface area contributed by atoms with E-state index in [1.54, 1.807) is 4.68 Å². The molecule has 0 spiro atoms. The molecule has 0 N–H and O–H groups in total. The molecule has 2 heteroatoms. The van der Waals surface area contributed by atoms with Crippen LogP contribution in [0.5, 0.6) is 0 Å². The highest BCUT2D eigenvalue weighted by atomic mass is 15.3. The van der Waals surface area contributed by atoms with Gasteiger partial charge in [0.25, 0.3) is 0 Å². The van der Waals surface area contributed by atoms with Crippen molar-refractivity contribution in [2.24, 2.45) is 0 Å². The van der Waals surface area contributed by atoms with Crippen LogP contribution in [-0.2, 0) is 6.54 Å². The van der Waals surface area contributed by atoms with Crippen LogP contribution < -0.4 is 0 Å². The highest BCUT2D eigenvalue weighted by Crippen LogP contribution is 2.09. The molecule has 59 valence electrons. The summed E-state index contributed by atoms with van der Waals surface area (Å²) in [6.45, 7) is 4.36. The van der Waals surface area contributed by atoms with Crippen molar-refractivity contribution < 1.29 is 0 Å². The number of benzene rings is 1. The van der Waals surface area contributed by atoms with Crippen molar-refractivity contribution in [1.29, 1.82) is 0 Å². The molecule has 1 aromatic carbocycles. The minimum absolute atomic E-state index is 0.717. The van der Waals surface area contributed by atoms with Gasteiger partial charge in [0.2, 0.25) is 0 Å². The van der Waals surface area contributed by atoms with E-state index in [0.717, 1.165) is 10.9 Å². The largest absolute Gasteiger partial charge is 0.258 e. The third-order valence-electron chi connectivity index (χ3n) is 1.68. The maximum atomic E-state index is 4.29. The molecule has 0 aliphatic heterocycles. The molecule has 1 heterocycles. The topological polar surface area (TPSA) is 17.8 Å². The fourth-order valence-corrected chi connectivity index (χ4v) is 1.16. The molecule has 2 rings (SSSR count). The van der Waals surface area contributed by atoms with Crippen molar-refractivity contribution in [3.63, 3.8) is 0 Å². The molecular weight excluding hydrogens is 148 g/mol. The van der Waals surface area contributed by atoms with Crippen molar-refractivity contribution in [3.05, 3.63) is 43.1 Å². The summed E-state index contributed by atoms with van der Waals surface area (Å²) >= 11 is 0. The third kappa shape index (κ3) is 1.11. The first-order valence-electron chi connectivity index (χ1n) is 3.86. The van der Waals surface area contributed by atoms with Crippen molar-refractivity contribution >= 4 is 10.9 Å². The van der Waals surface area contributed by atoms with E-state index in [2.05, 4.69) is 17.9 Å². The van der Waals surface area contributed by atoms with E-state index >= 15 is 0 Å². The molecule has 0 saturated carbocycles. The van der Waals surface area contributed by atoms with Crippen LogP contribution in [0.25, 0.3) is 10.9 Å². The molecule has 0 fully saturated rings. The molecule has 0 unspecified atom stereocenters. The Balaban J connectivity index is 2.54. The van der Waals surface area contributed by atoms with Crippen LogP contribution in [0.2, 0.25) is 0 Å². The van der Waals surface area contributed by atoms with E-state index < -0.39 is 0 Å². The number of hydrogen-bond donors (Lipinski definition) is 0. The van der Waals surface area contributed by atoms with Gasteiger partial charge in [0.1, 0.15) is 0 Å². The van der Waals surface area contributed by atoms with Gasteiger partial charge in [-0.1, -0.05) is 24.3 Å². The normalized spacial score (nSPS) is 10.3. The molecule has 2 nitrogen and oxygen atoms in total. The predicted octanol–water partition coefficient (Wildman–Crippen LogP) is 2.02. The highest BCUT2D eigenvalue weighted by Gasteiger charge is 1.96. The second-order valence-corrected chi connectivity index (χ2v) is 2.60. The lowest BCUT2D eigenvalue weighted by Crippen LogP contribution is -1.94. The van der Waals surface area contributed by atoms with Gasteiger partial charge in [0.05, 0.1) is 18.3 Å². The zero-order valence-corrected chi connectivity index (χ0v) is 6.70. The van der Waals surface area contributed by atoms with Gasteiger partial charge in [-0.2, -0.15) is 5.10 Å². The predicted molar refractivity (Wildman–Crippen MR) is 48.8 cm³/mol. The Hall–Kier alpha value is -1.57. The van der Waals surface area contributed by atoms with E-state index in [1.807, 2.05) is 30.3 Å². The van der Waals surface area contributed by atoms with Crippen molar-refractivity contribution in [2.45, 2.75) is 6.54 Å². The average Bonchev–Trinajstić information content (AvgIpc) is 2.47. The Morgan fingerprint density at radius 1 is 1.50 bits per heavy atom. The second kappa shape index (κ2) is 2.81. The van der Waals surface area contributed by atoms with Crippen molar-refractivity contribution in [2.75, 3.05) is 0 Å². The summed E-state index contributed by atoms with van der Waals surface area (Å²) in [5, 5.41) is 5.35. The summed E-state index contributed by atoms with van der Waals surface area (Å²) in [7, 11) is 0. The lowest BCUT2D eigenvalue weighted by atomic mass is 10.3. The summed E-state index contributed by atoms with van der Waals surface area (Å²) in [6.07, 6.45) is 4.94. The smallest absolute Gasteiger partial charge is 0.0952 e. The second-order valence-electron chi connectivity index (χ2n) is 2.60. The van der Waals surface area contributed by atoms with Gasteiger partial charge in [-0.25, -0.2) is 0 Å². The van der Waals surface area contributed by atoms with E-state index in [4.69, 9.17) is 0 Å². The van der Waals surface area contributed by atoms with E-state index in [0.29, 0.717) is 6.54 Å². The molecule has 0 aliphatic rings. The van der Waals surface area contributed by atoms with E-state index in [-0.39, 0.29) is 0 Å². The van der Waals surface area contributed by atoms with Crippen LogP contribution in [0.15, 0.2) is 36.9 Å². The van der Waals surface area contributed by atoms with Crippen LogP contribution in [0.1, 0.15) is 0 Å². The van der Waals surface area contributed by atoms with Gasteiger partial charge in [-0.15, -0.1) is 6.58 Å². The Bertz CT molecular complexity index is 368. The highest BCUT2D eigenvalue weighted by molar-refractivity contribution is 5.76. The molecule has 1 aromatic heterocycles. The van der Waals surface area contributed by atoms with Crippen LogP contribution in [-0.4, -0.2) is 9.78 Å². The molecular formula is C10H9N2. The lowest BCUT2D eigenvalue weighted by Gasteiger charge is -1.89. The fraction of sp³-hybridized carbons (Fsp3) is 0.100. The van der Waals surface area contributed by atoms with Gasteiger partial charge in [-0.3, -0.25) is 4.68 Å². The summed E-state index contributed by atoms with van der Waals surface area (Å²) in [5.74, 6) is 0. The fourth-order valence-electron chi connectivity index (χ4n) is 1.16. The third-order valence-corrected chi connectivity index (χ3v) is 1.68. The first-order valence-corrected chi connectivity index (χ1v) is 3.86. The molecule has 12 heavy (non-hydrogen) atoms. The summed E-state index contributed by atoms with van der Waals surface area (Å²) in [4.78, 5) is 0. The number of fused-ring (bicyclic) bond motifs is 1. The minimum atomic E-state index is 0.717. The van der Waals surface area contributed by atoms with Crippen LogP contribution in [0.4, 0.5) is 0 Å². The average molecular weight is 157 g/mol. The molecule has 0 bridgehead atoms. The maximum Gasteiger partial charge on any atom is 0.0952 e. The number of aromatic nitrogens is 2. The SMILES string of the molecule is C=CCn1[c]c2ccccc2n1. The van der Waals surface area contributed by atoms with Gasteiger partial charge in [0.15, 0.2) is 0 Å². The standard InChI is InChI=1S/C10H9N2/c1-2-7-12-8-9-5-3-4-6-10(9)11-12/h2-6H,1,7H2. The van der Waals surface area contributed by atoms with Crippen molar-refractivity contribution in [1.82, 2.24) is 9.78 Å². The number of hydrogen-bond acceptors (Lipinski definition) is 1. The molecule has 0 amide bonds. The quantitative estimate of drug-likeness (QED) is 0.610.